The number of Topliss-reactive ketones (excluding diaryl/α,β-unsaturated/α-hetero) is 5. The monoisotopic (exact) mass is 834 g/mol. The second kappa shape index (κ2) is 25.0. The van der Waals surface area contributed by atoms with Crippen molar-refractivity contribution >= 4 is 76.5 Å². The van der Waals surface area contributed by atoms with Crippen molar-refractivity contribution in [3.05, 3.63) is 11.1 Å². The highest BCUT2D eigenvalue weighted by Gasteiger charge is 2.36. The molecule has 0 aliphatic heterocycles. The fourth-order valence-corrected chi connectivity index (χ4v) is 6.58. The summed E-state index contributed by atoms with van der Waals surface area (Å²) < 4.78 is 0. The molecule has 0 radical (unpaired) electrons. The van der Waals surface area contributed by atoms with Gasteiger partial charge in [0.15, 0.2) is 35.1 Å². The Morgan fingerprint density at radius 2 is 1.14 bits per heavy atom. The molecule has 0 saturated heterocycles. The van der Waals surface area contributed by atoms with Crippen LogP contribution in [0.4, 0.5) is 0 Å². The fraction of sp³-hybridized carbons (Fsp3) is 0.675. The van der Waals surface area contributed by atoms with E-state index >= 15 is 0 Å². The maximum atomic E-state index is 12.8. The van der Waals surface area contributed by atoms with Crippen molar-refractivity contribution in [2.45, 2.75) is 143 Å². The number of amides is 5. The largest absolute Gasteiger partial charge is 0.356 e. The van der Waals surface area contributed by atoms with E-state index in [1.165, 1.54) is 46.5 Å². The molecule has 0 unspecified atom stereocenters. The molecule has 6 atom stereocenters. The lowest BCUT2D eigenvalue weighted by Crippen LogP contribution is -2.58. The first kappa shape index (κ1) is 51.4. The van der Waals surface area contributed by atoms with Gasteiger partial charge in [0.25, 0.3) is 5.91 Å². The maximum Gasteiger partial charge on any atom is 0.257 e. The van der Waals surface area contributed by atoms with Crippen LogP contribution in [0.25, 0.3) is 0 Å². The van der Waals surface area contributed by atoms with Crippen molar-refractivity contribution in [2.24, 2.45) is 11.3 Å². The third-order valence-corrected chi connectivity index (χ3v) is 10.3. The highest BCUT2D eigenvalue weighted by Crippen LogP contribution is 2.35. The highest BCUT2D eigenvalue weighted by molar-refractivity contribution is 7.98. The van der Waals surface area contributed by atoms with Gasteiger partial charge in [-0.05, 0) is 58.0 Å². The average Bonchev–Trinajstić information content (AvgIpc) is 3.14. The number of carbonyl (C=O) groups excluding carboxylic acids is 11. The molecule has 1 aliphatic rings. The second-order valence-electron chi connectivity index (χ2n) is 15.6. The molecule has 0 bridgehead atoms. The molecule has 0 aromatic carbocycles. The van der Waals surface area contributed by atoms with Gasteiger partial charge < -0.3 is 31.4 Å². The molecule has 324 valence electrons. The molecule has 58 heavy (non-hydrogen) atoms. The molecule has 18 heteroatoms. The van der Waals surface area contributed by atoms with Gasteiger partial charge in [0.05, 0.1) is 29.7 Å². The number of rotatable bonds is 26. The number of allylic oxidation sites excluding steroid dienone is 2. The Bertz CT molecular complexity index is 1590. The summed E-state index contributed by atoms with van der Waals surface area (Å²) in [4.78, 5) is 137. The van der Waals surface area contributed by atoms with Crippen LogP contribution < -0.4 is 31.9 Å². The summed E-state index contributed by atoms with van der Waals surface area (Å²) in [5.74, 6) is -4.88. The average molecular weight is 835 g/mol. The van der Waals surface area contributed by atoms with Crippen LogP contribution >= 0.6 is 11.8 Å². The van der Waals surface area contributed by atoms with Crippen molar-refractivity contribution in [1.29, 1.82) is 0 Å². The van der Waals surface area contributed by atoms with Gasteiger partial charge in [-0.2, -0.15) is 11.8 Å². The van der Waals surface area contributed by atoms with E-state index in [-0.39, 0.29) is 74.9 Å². The van der Waals surface area contributed by atoms with Crippen LogP contribution in [0.15, 0.2) is 11.1 Å². The Morgan fingerprint density at radius 3 is 1.57 bits per heavy atom. The normalized spacial score (nSPS) is 16.7. The van der Waals surface area contributed by atoms with Gasteiger partial charge >= 0.3 is 0 Å². The van der Waals surface area contributed by atoms with E-state index in [1.807, 2.05) is 20.1 Å². The van der Waals surface area contributed by atoms with E-state index in [0.717, 1.165) is 0 Å². The minimum absolute atomic E-state index is 0.0354. The Labute approximate surface area is 344 Å². The minimum Gasteiger partial charge on any atom is -0.356 e. The predicted octanol–water partition coefficient (Wildman–Crippen LogP) is 0.948. The number of hydrogen-bond acceptors (Lipinski definition) is 13. The van der Waals surface area contributed by atoms with E-state index in [1.54, 1.807) is 6.92 Å². The first-order valence-electron chi connectivity index (χ1n) is 19.5. The molecule has 1 fully saturated rings. The number of ketones is 5. The van der Waals surface area contributed by atoms with Crippen molar-refractivity contribution in [2.75, 3.05) is 19.1 Å². The summed E-state index contributed by atoms with van der Waals surface area (Å²) in [6.07, 6.45) is 1.13. The number of hydrogen-bond donors (Lipinski definition) is 6. The van der Waals surface area contributed by atoms with Gasteiger partial charge in [-0.15, -0.1) is 0 Å². The van der Waals surface area contributed by atoms with Crippen LogP contribution in [0.2, 0.25) is 0 Å². The third-order valence-electron chi connectivity index (χ3n) is 9.70. The van der Waals surface area contributed by atoms with Crippen LogP contribution in [-0.2, 0) is 52.7 Å². The van der Waals surface area contributed by atoms with E-state index in [2.05, 4.69) is 31.9 Å². The second-order valence-corrected chi connectivity index (χ2v) is 16.6. The first-order valence-corrected chi connectivity index (χ1v) is 20.9. The maximum absolute atomic E-state index is 12.8. The summed E-state index contributed by atoms with van der Waals surface area (Å²) in [5.41, 5.74) is 0.289. The SMILES string of the molecule is CNC(=O)[C@@H](NC(=O)[C@H](C)CC(=O)[C@H](C)NC(=O)CCC(=O)[C@H](C)NC(=O)CCC(=O)[C@H](C)NC(=O)CCC(C)=C1C(=O)CC(C)(C)CC1=O)N[C@H](C=O)CCSC. The number of carbonyl (C=O) groups is 11. The van der Waals surface area contributed by atoms with E-state index in [0.29, 0.717) is 24.0 Å². The van der Waals surface area contributed by atoms with Crippen molar-refractivity contribution < 1.29 is 52.7 Å². The lowest BCUT2D eigenvalue weighted by atomic mass is 9.73. The van der Waals surface area contributed by atoms with Crippen LogP contribution in [0.3, 0.4) is 0 Å². The Morgan fingerprint density at radius 1 is 0.690 bits per heavy atom. The molecule has 17 nitrogen and oxygen atoms in total. The molecule has 6 N–H and O–H groups in total. The van der Waals surface area contributed by atoms with Gasteiger partial charge in [0.2, 0.25) is 23.6 Å². The Kier molecular flexibility index (Phi) is 22.2. The molecule has 1 saturated carbocycles. The zero-order valence-corrected chi connectivity index (χ0v) is 36.0. The van der Waals surface area contributed by atoms with Crippen molar-refractivity contribution in [1.82, 2.24) is 31.9 Å². The highest BCUT2D eigenvalue weighted by atomic mass is 32.2. The molecule has 0 spiro atoms. The summed E-state index contributed by atoms with van der Waals surface area (Å²) in [5, 5.41) is 15.3. The summed E-state index contributed by atoms with van der Waals surface area (Å²) in [6.45, 7) is 11.2. The molecular formula is C40H62N6O11S. The van der Waals surface area contributed by atoms with Gasteiger partial charge in [0.1, 0.15) is 6.29 Å². The van der Waals surface area contributed by atoms with Crippen molar-refractivity contribution in [3.8, 4) is 0 Å². The standard InChI is InChI=1S/C40H62N6O11S/c1-22(36-31(51)19-40(6,7)20-32(36)52)10-13-33(53)42-24(3)28(48)11-14-34(54)43-25(4)29(49)12-15-35(55)44-26(5)30(50)18-23(2)38(56)46-37(39(57)41-8)45-27(21-47)16-17-58-9/h21,23-27,37,45H,10-20H2,1-9H3,(H,41,57)(H,42,53)(H,43,54)(H,44,55)(H,46,56)/t23-,24+,25+,26+,27+,37-/m1/s1. The van der Waals surface area contributed by atoms with E-state index in [9.17, 15) is 52.7 Å². The Hall–Kier alpha value is -4.58. The predicted molar refractivity (Wildman–Crippen MR) is 217 cm³/mol. The van der Waals surface area contributed by atoms with Gasteiger partial charge in [-0.3, -0.25) is 53.3 Å². The number of aldehydes is 1. The fourth-order valence-electron chi connectivity index (χ4n) is 6.09. The summed E-state index contributed by atoms with van der Waals surface area (Å²) in [7, 11) is 1.38. The molecule has 5 amide bonds. The van der Waals surface area contributed by atoms with Crippen LogP contribution in [0.5, 0.6) is 0 Å². The quantitative estimate of drug-likeness (QED) is 0.0308. The third kappa shape index (κ3) is 18.3. The van der Waals surface area contributed by atoms with Crippen LogP contribution in [-0.4, -0.2) is 114 Å². The van der Waals surface area contributed by atoms with Gasteiger partial charge in [-0.25, -0.2) is 0 Å². The number of likely N-dealkylation sites (N-methyl/N-ethyl adjacent to an activating group) is 1. The van der Waals surface area contributed by atoms with E-state index in [4.69, 9.17) is 0 Å². The Balaban J connectivity index is 2.48. The molecule has 1 aliphatic carbocycles. The minimum atomic E-state index is -1.21. The van der Waals surface area contributed by atoms with Gasteiger partial charge in [-0.1, -0.05) is 26.3 Å². The molecule has 0 aromatic heterocycles. The number of thioether (sulfide) groups is 1. The smallest absolute Gasteiger partial charge is 0.257 e. The number of nitrogens with one attached hydrogen (secondary N) is 6. The van der Waals surface area contributed by atoms with Crippen LogP contribution in [0.1, 0.15) is 113 Å². The van der Waals surface area contributed by atoms with Gasteiger partial charge in [0, 0.05) is 64.3 Å². The molecular weight excluding hydrogens is 773 g/mol. The topological polar surface area (TPSA) is 260 Å². The zero-order valence-electron chi connectivity index (χ0n) is 35.2. The summed E-state index contributed by atoms with van der Waals surface area (Å²) in [6, 6.07) is -3.56. The van der Waals surface area contributed by atoms with E-state index < -0.39 is 88.6 Å². The molecule has 0 aromatic rings. The lowest BCUT2D eigenvalue weighted by Gasteiger charge is -2.29. The molecule has 1 rings (SSSR count). The molecule has 0 heterocycles. The first-order chi connectivity index (χ1) is 27.0. The summed E-state index contributed by atoms with van der Waals surface area (Å²) >= 11 is 1.52. The van der Waals surface area contributed by atoms with Crippen LogP contribution in [0, 0.1) is 11.3 Å². The zero-order chi connectivity index (χ0) is 44.3. The van der Waals surface area contributed by atoms with Crippen molar-refractivity contribution in [3.63, 3.8) is 0 Å². The lowest BCUT2D eigenvalue weighted by molar-refractivity contribution is -0.134.